The molecular weight excluding hydrogens is 396 g/mol. The molecule has 1 aromatic carbocycles. The highest BCUT2D eigenvalue weighted by molar-refractivity contribution is 7.99. The van der Waals surface area contributed by atoms with Crippen molar-refractivity contribution in [3.8, 4) is 5.75 Å². The average Bonchev–Trinajstić information content (AvgIpc) is 3.37. The maximum absolute atomic E-state index is 12.3. The Morgan fingerprint density at radius 3 is 2.60 bits per heavy atom. The van der Waals surface area contributed by atoms with Gasteiger partial charge in [0.25, 0.3) is 0 Å². The van der Waals surface area contributed by atoms with Crippen molar-refractivity contribution in [3.05, 3.63) is 48.3 Å². The average molecular weight is 429 g/mol. The number of nitrogens with one attached hydrogen (secondary N) is 1. The number of nitrogens with zero attached hydrogens (tertiary/aromatic N) is 3. The van der Waals surface area contributed by atoms with Crippen LogP contribution in [0.15, 0.2) is 42.1 Å². The number of rotatable bonds is 10. The van der Waals surface area contributed by atoms with Gasteiger partial charge in [-0.1, -0.05) is 56.7 Å². The molecule has 0 bridgehead atoms. The standard InChI is InChI=1S/C23H32N4O2S/c1-5-14-27-22(17(4)29-20-12-10-18(11-13-20)16(2)3)25-26-23(27)30-15-21(28)24-19-8-6-7-9-19/h5,10-13,16-17,19H,1,6-9,14-15H2,2-4H3,(H,24,28). The van der Waals surface area contributed by atoms with Gasteiger partial charge in [-0.3, -0.25) is 9.36 Å². The van der Waals surface area contributed by atoms with E-state index in [0.717, 1.165) is 24.4 Å². The molecule has 7 heteroatoms. The second-order valence-electron chi connectivity index (χ2n) is 8.06. The molecule has 1 aliphatic carbocycles. The first-order valence-electron chi connectivity index (χ1n) is 10.7. The number of aromatic nitrogens is 3. The summed E-state index contributed by atoms with van der Waals surface area (Å²) in [7, 11) is 0. The van der Waals surface area contributed by atoms with Crippen molar-refractivity contribution < 1.29 is 9.53 Å². The number of benzene rings is 1. The van der Waals surface area contributed by atoms with Gasteiger partial charge in [0.15, 0.2) is 17.1 Å². The van der Waals surface area contributed by atoms with Crippen LogP contribution in [0.4, 0.5) is 0 Å². The van der Waals surface area contributed by atoms with E-state index in [1.165, 1.54) is 30.2 Å². The van der Waals surface area contributed by atoms with E-state index >= 15 is 0 Å². The Kier molecular flexibility index (Phi) is 7.96. The quantitative estimate of drug-likeness (QED) is 0.431. The topological polar surface area (TPSA) is 69.0 Å². The molecule has 1 N–H and O–H groups in total. The van der Waals surface area contributed by atoms with Crippen LogP contribution in [0.25, 0.3) is 0 Å². The first-order valence-corrected chi connectivity index (χ1v) is 11.7. The van der Waals surface area contributed by atoms with Gasteiger partial charge in [0.2, 0.25) is 5.91 Å². The van der Waals surface area contributed by atoms with Gasteiger partial charge < -0.3 is 10.1 Å². The molecule has 1 saturated carbocycles. The van der Waals surface area contributed by atoms with Crippen molar-refractivity contribution in [2.75, 3.05) is 5.75 Å². The summed E-state index contributed by atoms with van der Waals surface area (Å²) < 4.78 is 8.07. The summed E-state index contributed by atoms with van der Waals surface area (Å²) in [6.07, 6.45) is 6.10. The van der Waals surface area contributed by atoms with Crippen molar-refractivity contribution in [1.29, 1.82) is 0 Å². The second-order valence-corrected chi connectivity index (χ2v) is 9.00. The largest absolute Gasteiger partial charge is 0.483 e. The van der Waals surface area contributed by atoms with Crippen LogP contribution in [-0.2, 0) is 11.3 Å². The van der Waals surface area contributed by atoms with Crippen molar-refractivity contribution in [2.24, 2.45) is 0 Å². The first-order chi connectivity index (χ1) is 14.5. The highest BCUT2D eigenvalue weighted by atomic mass is 32.2. The molecule has 0 radical (unpaired) electrons. The summed E-state index contributed by atoms with van der Waals surface area (Å²) >= 11 is 1.40. The van der Waals surface area contributed by atoms with E-state index in [2.05, 4.69) is 48.1 Å². The minimum atomic E-state index is -0.274. The Bertz CT molecular complexity index is 841. The van der Waals surface area contributed by atoms with Crippen LogP contribution in [0.1, 0.15) is 69.9 Å². The van der Waals surface area contributed by atoms with Crippen LogP contribution in [0.5, 0.6) is 5.75 Å². The molecule has 0 spiro atoms. The van der Waals surface area contributed by atoms with E-state index < -0.39 is 0 Å². The van der Waals surface area contributed by atoms with Gasteiger partial charge >= 0.3 is 0 Å². The molecule has 1 atom stereocenters. The Balaban J connectivity index is 1.63. The molecule has 1 aliphatic rings. The van der Waals surface area contributed by atoms with Gasteiger partial charge in [-0.15, -0.1) is 16.8 Å². The summed E-state index contributed by atoms with van der Waals surface area (Å²) in [5, 5.41) is 12.5. The Morgan fingerprint density at radius 2 is 1.97 bits per heavy atom. The third-order valence-corrected chi connectivity index (χ3v) is 6.30. The van der Waals surface area contributed by atoms with E-state index in [0.29, 0.717) is 29.4 Å². The summed E-state index contributed by atoms with van der Waals surface area (Å²) in [6.45, 7) is 10.7. The molecule has 1 heterocycles. The number of ether oxygens (including phenoxy) is 1. The lowest BCUT2D eigenvalue weighted by atomic mass is 10.0. The first kappa shape index (κ1) is 22.4. The normalized spacial score (nSPS) is 15.3. The van der Waals surface area contributed by atoms with Gasteiger partial charge in [0.1, 0.15) is 5.75 Å². The number of hydrogen-bond donors (Lipinski definition) is 1. The van der Waals surface area contributed by atoms with Gasteiger partial charge in [-0.25, -0.2) is 0 Å². The van der Waals surface area contributed by atoms with Gasteiger partial charge in [-0.2, -0.15) is 0 Å². The van der Waals surface area contributed by atoms with Crippen LogP contribution in [0.2, 0.25) is 0 Å². The van der Waals surface area contributed by atoms with Gasteiger partial charge in [0, 0.05) is 12.6 Å². The molecule has 1 aromatic heterocycles. The Labute approximate surface area is 183 Å². The molecule has 3 rings (SSSR count). The van der Waals surface area contributed by atoms with E-state index in [-0.39, 0.29) is 12.0 Å². The van der Waals surface area contributed by atoms with Crippen LogP contribution >= 0.6 is 11.8 Å². The summed E-state index contributed by atoms with van der Waals surface area (Å²) in [6, 6.07) is 8.48. The number of thioether (sulfide) groups is 1. The molecule has 6 nitrogen and oxygen atoms in total. The van der Waals surface area contributed by atoms with Crippen LogP contribution < -0.4 is 10.1 Å². The van der Waals surface area contributed by atoms with E-state index in [9.17, 15) is 4.79 Å². The lowest BCUT2D eigenvalue weighted by molar-refractivity contribution is -0.119. The zero-order chi connectivity index (χ0) is 21.5. The molecular formula is C23H32N4O2S. The minimum absolute atomic E-state index is 0.0520. The van der Waals surface area contributed by atoms with E-state index in [1.807, 2.05) is 23.6 Å². The smallest absolute Gasteiger partial charge is 0.230 e. The third kappa shape index (κ3) is 5.88. The number of allylic oxidation sites excluding steroid dienone is 1. The van der Waals surface area contributed by atoms with Crippen molar-refractivity contribution in [1.82, 2.24) is 20.1 Å². The molecule has 1 unspecified atom stereocenters. The van der Waals surface area contributed by atoms with Crippen LogP contribution in [0, 0.1) is 0 Å². The zero-order valence-corrected chi connectivity index (χ0v) is 19.0. The monoisotopic (exact) mass is 428 g/mol. The fourth-order valence-corrected chi connectivity index (χ4v) is 4.43. The number of carbonyl (C=O) groups excluding carboxylic acids is 1. The summed E-state index contributed by atoms with van der Waals surface area (Å²) in [5.41, 5.74) is 1.28. The van der Waals surface area contributed by atoms with Crippen molar-refractivity contribution in [3.63, 3.8) is 0 Å². The molecule has 2 aromatic rings. The lowest BCUT2D eigenvalue weighted by Gasteiger charge is -2.16. The maximum Gasteiger partial charge on any atom is 0.230 e. The molecule has 30 heavy (non-hydrogen) atoms. The van der Waals surface area contributed by atoms with Gasteiger partial charge in [-0.05, 0) is 43.4 Å². The third-order valence-electron chi connectivity index (χ3n) is 5.33. The second kappa shape index (κ2) is 10.7. The maximum atomic E-state index is 12.3. The highest BCUT2D eigenvalue weighted by Crippen LogP contribution is 2.26. The van der Waals surface area contributed by atoms with E-state index in [4.69, 9.17) is 4.74 Å². The lowest BCUT2D eigenvalue weighted by Crippen LogP contribution is -2.33. The Morgan fingerprint density at radius 1 is 1.27 bits per heavy atom. The zero-order valence-electron chi connectivity index (χ0n) is 18.1. The SMILES string of the molecule is C=CCn1c(SCC(=O)NC2CCCC2)nnc1C(C)Oc1ccc(C(C)C)cc1. The number of carbonyl (C=O) groups is 1. The van der Waals surface area contributed by atoms with Gasteiger partial charge in [0.05, 0.1) is 5.75 Å². The number of hydrogen-bond acceptors (Lipinski definition) is 5. The molecule has 1 fully saturated rings. The number of amides is 1. The fourth-order valence-electron chi connectivity index (χ4n) is 3.67. The Hall–Kier alpha value is -2.28. The van der Waals surface area contributed by atoms with Crippen LogP contribution in [-0.4, -0.2) is 32.5 Å². The summed E-state index contributed by atoms with van der Waals surface area (Å²) in [5.74, 6) is 2.39. The molecule has 162 valence electrons. The van der Waals surface area contributed by atoms with Crippen molar-refractivity contribution >= 4 is 17.7 Å². The summed E-state index contributed by atoms with van der Waals surface area (Å²) in [4.78, 5) is 12.3. The molecule has 0 aliphatic heterocycles. The minimum Gasteiger partial charge on any atom is -0.483 e. The predicted octanol–water partition coefficient (Wildman–Crippen LogP) is 4.88. The molecule has 0 saturated heterocycles. The van der Waals surface area contributed by atoms with Crippen LogP contribution in [0.3, 0.4) is 0 Å². The fraction of sp³-hybridized carbons (Fsp3) is 0.522. The predicted molar refractivity (Wildman–Crippen MR) is 121 cm³/mol. The van der Waals surface area contributed by atoms with Crippen molar-refractivity contribution in [2.45, 2.75) is 76.2 Å². The highest BCUT2D eigenvalue weighted by Gasteiger charge is 2.21. The van der Waals surface area contributed by atoms with E-state index in [1.54, 1.807) is 6.08 Å². The molecule has 1 amide bonds.